The summed E-state index contributed by atoms with van der Waals surface area (Å²) in [7, 11) is 0. The zero-order chi connectivity index (χ0) is 8.10. The molecule has 0 aromatic heterocycles. The van der Waals surface area contributed by atoms with Gasteiger partial charge in [0.2, 0.25) is 0 Å². The Hall–Kier alpha value is 0.500. The molecular weight excluding hydrogens is 187 g/mol. The van der Waals surface area contributed by atoms with Crippen molar-refractivity contribution in [2.45, 2.75) is 31.8 Å². The predicted molar refractivity (Wildman–Crippen MR) is 44.2 cm³/mol. The molecule has 0 bridgehead atoms. The van der Waals surface area contributed by atoms with Gasteiger partial charge in [0, 0.05) is 6.42 Å². The second-order valence-electron chi connectivity index (χ2n) is 2.58. The van der Waals surface area contributed by atoms with Crippen LogP contribution in [0.1, 0.15) is 25.7 Å². The van der Waals surface area contributed by atoms with Gasteiger partial charge >= 0.3 is 0 Å². The molecule has 1 radical (unpaired) electrons. The maximum absolute atomic E-state index is 5.51. The van der Waals surface area contributed by atoms with Gasteiger partial charge in [0.25, 0.3) is 0 Å². The topological polar surface area (TPSA) is 18.5 Å². The van der Waals surface area contributed by atoms with E-state index in [0.717, 1.165) is 19.3 Å². The molecule has 0 amide bonds. The quantitative estimate of drug-likeness (QED) is 0.635. The standard InChI is InChI=1S/C7H11Cl2O2/c8-7(9)5-6-3-1-2-4-10-11-6/h6H,1-5H2. The van der Waals surface area contributed by atoms with Crippen LogP contribution in [0.2, 0.25) is 0 Å². The van der Waals surface area contributed by atoms with Gasteiger partial charge in [-0.25, -0.2) is 9.78 Å². The van der Waals surface area contributed by atoms with Crippen molar-refractivity contribution in [3.8, 4) is 0 Å². The molecule has 1 atom stereocenters. The second kappa shape index (κ2) is 5.20. The van der Waals surface area contributed by atoms with Crippen molar-refractivity contribution < 1.29 is 9.78 Å². The largest absolute Gasteiger partial charge is 0.236 e. The molecule has 2 nitrogen and oxygen atoms in total. The van der Waals surface area contributed by atoms with Crippen LogP contribution in [-0.2, 0) is 9.78 Å². The van der Waals surface area contributed by atoms with Crippen LogP contribution in [0.25, 0.3) is 0 Å². The Balaban J connectivity index is 2.20. The summed E-state index contributed by atoms with van der Waals surface area (Å²) >= 11 is 11.0. The first kappa shape index (κ1) is 9.59. The molecule has 1 fully saturated rings. The molecule has 0 aliphatic carbocycles. The van der Waals surface area contributed by atoms with E-state index < -0.39 is 0 Å². The van der Waals surface area contributed by atoms with Crippen LogP contribution in [0.4, 0.5) is 0 Å². The van der Waals surface area contributed by atoms with E-state index in [-0.39, 0.29) is 6.10 Å². The number of hydrogen-bond acceptors (Lipinski definition) is 2. The smallest absolute Gasteiger partial charge is 0.153 e. The summed E-state index contributed by atoms with van der Waals surface area (Å²) in [4.78, 5) is 10.3. The lowest BCUT2D eigenvalue weighted by molar-refractivity contribution is -0.317. The Kier molecular flexibility index (Phi) is 4.53. The van der Waals surface area contributed by atoms with E-state index in [9.17, 15) is 0 Å². The van der Waals surface area contributed by atoms with Gasteiger partial charge in [-0.05, 0) is 19.3 Å². The van der Waals surface area contributed by atoms with Gasteiger partial charge in [0.05, 0.1) is 12.7 Å². The van der Waals surface area contributed by atoms with Crippen LogP contribution in [0.5, 0.6) is 0 Å². The van der Waals surface area contributed by atoms with Crippen molar-refractivity contribution in [3.05, 3.63) is 4.84 Å². The van der Waals surface area contributed by atoms with Gasteiger partial charge < -0.3 is 0 Å². The molecule has 1 saturated heterocycles. The monoisotopic (exact) mass is 197 g/mol. The molecule has 0 aromatic rings. The molecule has 65 valence electrons. The molecule has 1 aliphatic rings. The fourth-order valence-corrected chi connectivity index (χ4v) is 1.38. The zero-order valence-electron chi connectivity index (χ0n) is 6.19. The van der Waals surface area contributed by atoms with Crippen molar-refractivity contribution in [1.82, 2.24) is 0 Å². The molecule has 0 aromatic carbocycles. The minimum Gasteiger partial charge on any atom is -0.236 e. The van der Waals surface area contributed by atoms with Crippen molar-refractivity contribution in [3.63, 3.8) is 0 Å². The van der Waals surface area contributed by atoms with Crippen molar-refractivity contribution >= 4 is 23.2 Å². The number of halogens is 2. The third-order valence-electron chi connectivity index (χ3n) is 1.59. The van der Waals surface area contributed by atoms with E-state index in [1.807, 2.05) is 0 Å². The molecule has 0 saturated carbocycles. The van der Waals surface area contributed by atoms with Gasteiger partial charge in [0.1, 0.15) is 0 Å². The summed E-state index contributed by atoms with van der Waals surface area (Å²) in [6, 6.07) is 0. The Morgan fingerprint density at radius 1 is 1.36 bits per heavy atom. The van der Waals surface area contributed by atoms with E-state index in [1.165, 1.54) is 0 Å². The fraction of sp³-hybridized carbons (Fsp3) is 0.857. The number of hydrogen-bond donors (Lipinski definition) is 0. The average Bonchev–Trinajstić information content (AvgIpc) is 2.14. The van der Waals surface area contributed by atoms with E-state index in [4.69, 9.17) is 33.0 Å². The SMILES string of the molecule is Cl[C](Cl)CC1CCCCOO1. The van der Waals surface area contributed by atoms with Crippen LogP contribution >= 0.6 is 23.2 Å². The third-order valence-corrected chi connectivity index (χ3v) is 1.90. The van der Waals surface area contributed by atoms with E-state index in [0.29, 0.717) is 17.9 Å². The van der Waals surface area contributed by atoms with Crippen LogP contribution < -0.4 is 0 Å². The van der Waals surface area contributed by atoms with Gasteiger partial charge in [-0.15, -0.1) is 0 Å². The first-order valence-corrected chi connectivity index (χ1v) is 4.49. The van der Waals surface area contributed by atoms with Crippen molar-refractivity contribution in [1.29, 1.82) is 0 Å². The molecule has 4 heteroatoms. The minimum atomic E-state index is 0.0440. The summed E-state index contributed by atoms with van der Waals surface area (Å²) in [6.07, 6.45) is 3.76. The molecule has 1 aliphatic heterocycles. The fourth-order valence-electron chi connectivity index (χ4n) is 1.03. The zero-order valence-corrected chi connectivity index (χ0v) is 7.70. The van der Waals surface area contributed by atoms with Gasteiger partial charge in [-0.3, -0.25) is 0 Å². The van der Waals surface area contributed by atoms with Crippen LogP contribution in [0.15, 0.2) is 0 Å². The molecule has 11 heavy (non-hydrogen) atoms. The normalized spacial score (nSPS) is 27.0. The maximum Gasteiger partial charge on any atom is 0.153 e. The van der Waals surface area contributed by atoms with E-state index in [1.54, 1.807) is 0 Å². The molecule has 0 N–H and O–H groups in total. The third kappa shape index (κ3) is 4.16. The lowest BCUT2D eigenvalue weighted by Gasteiger charge is -2.11. The van der Waals surface area contributed by atoms with E-state index in [2.05, 4.69) is 0 Å². The summed E-state index contributed by atoms with van der Waals surface area (Å²) in [5.74, 6) is 0. The van der Waals surface area contributed by atoms with Gasteiger partial charge in [-0.1, -0.05) is 23.2 Å². The van der Waals surface area contributed by atoms with Crippen molar-refractivity contribution in [2.24, 2.45) is 0 Å². The first-order valence-electron chi connectivity index (χ1n) is 3.74. The average molecular weight is 198 g/mol. The summed E-state index contributed by atoms with van der Waals surface area (Å²) in [6.45, 7) is 0.677. The van der Waals surface area contributed by atoms with Crippen LogP contribution in [0, 0.1) is 4.84 Å². The Labute approximate surface area is 76.7 Å². The first-order chi connectivity index (χ1) is 5.29. The van der Waals surface area contributed by atoms with Gasteiger partial charge in [0.15, 0.2) is 4.84 Å². The van der Waals surface area contributed by atoms with Crippen LogP contribution in [0.3, 0.4) is 0 Å². The summed E-state index contributed by atoms with van der Waals surface area (Å²) < 4.78 is 0. The summed E-state index contributed by atoms with van der Waals surface area (Å²) in [5.41, 5.74) is 0. The minimum absolute atomic E-state index is 0.0440. The lowest BCUT2D eigenvalue weighted by atomic mass is 10.1. The van der Waals surface area contributed by atoms with Crippen molar-refractivity contribution in [2.75, 3.05) is 6.61 Å². The Bertz CT molecular complexity index is 101. The highest BCUT2D eigenvalue weighted by molar-refractivity contribution is 6.52. The molecular formula is C7H11Cl2O2. The molecule has 1 rings (SSSR count). The highest BCUT2D eigenvalue weighted by atomic mass is 35.5. The Morgan fingerprint density at radius 3 is 2.91 bits per heavy atom. The van der Waals surface area contributed by atoms with Gasteiger partial charge in [-0.2, -0.15) is 0 Å². The molecule has 1 heterocycles. The van der Waals surface area contributed by atoms with E-state index >= 15 is 0 Å². The highest BCUT2D eigenvalue weighted by Crippen LogP contribution is 2.24. The van der Waals surface area contributed by atoms with Crippen LogP contribution in [-0.4, -0.2) is 12.7 Å². The molecule has 1 unspecified atom stereocenters. The Morgan fingerprint density at radius 2 is 2.18 bits per heavy atom. The lowest BCUT2D eigenvalue weighted by Crippen LogP contribution is -2.11. The predicted octanol–water partition coefficient (Wildman–Crippen LogP) is 2.84. The highest BCUT2D eigenvalue weighted by Gasteiger charge is 2.17. The molecule has 0 spiro atoms. The summed E-state index contributed by atoms with van der Waals surface area (Å²) in [5, 5.41) is 0. The maximum atomic E-state index is 5.51. The number of rotatable bonds is 2. The second-order valence-corrected chi connectivity index (χ2v) is 3.68.